The molecule has 4 heteroatoms. The molecule has 0 aliphatic rings. The Morgan fingerprint density at radius 3 is 1.88 bits per heavy atom. The van der Waals surface area contributed by atoms with Crippen molar-refractivity contribution in [2.75, 3.05) is 0 Å². The van der Waals surface area contributed by atoms with Gasteiger partial charge in [-0.25, -0.2) is 0 Å². The third-order valence-corrected chi connectivity index (χ3v) is 5.30. The molecule has 140 valence electrons. The average molecular weight is 419 g/mol. The van der Waals surface area contributed by atoms with Gasteiger partial charge in [-0.15, -0.1) is 0 Å². The monoisotopic (exact) mass is 419 g/mol. The van der Waals surface area contributed by atoms with Crippen molar-refractivity contribution >= 4 is 0 Å². The molecule has 1 rings (SSSR count). The van der Waals surface area contributed by atoms with E-state index in [4.69, 9.17) is 4.84 Å². The zero-order valence-electron chi connectivity index (χ0n) is 17.0. The van der Waals surface area contributed by atoms with Gasteiger partial charge in [0, 0.05) is 42.7 Å². The summed E-state index contributed by atoms with van der Waals surface area (Å²) in [6, 6.07) is 10.4. The predicted octanol–water partition coefficient (Wildman–Crippen LogP) is 6.30. The topological polar surface area (TPSA) is 12.5 Å². The first kappa shape index (κ1) is 27.3. The molecule has 0 aliphatic heterocycles. The Kier molecular flexibility index (Phi) is 12.8. The number of hydrogen-bond acceptors (Lipinski definition) is 2. The molecule has 0 spiro atoms. The molecule has 1 aromatic rings. The summed E-state index contributed by atoms with van der Waals surface area (Å²) in [7, 11) is 0. The molecule has 2 radical (unpaired) electrons. The minimum Gasteiger partial charge on any atom is -0.290 e. The molecular weight excluding hydrogens is 384 g/mol. The second-order valence-electron chi connectivity index (χ2n) is 7.14. The number of benzene rings is 1. The summed E-state index contributed by atoms with van der Waals surface area (Å²) >= 11 is 0. The van der Waals surface area contributed by atoms with Crippen LogP contribution < -0.4 is 0 Å². The number of hydrogen-bond donors (Lipinski definition) is 0. The molecular formula is C21H35NOV2. The Morgan fingerprint density at radius 2 is 1.52 bits per heavy atom. The Balaban J connectivity index is 0. The van der Waals surface area contributed by atoms with Crippen molar-refractivity contribution in [1.29, 1.82) is 0 Å². The maximum Gasteiger partial charge on any atom is 0.102 e. The third-order valence-electron chi connectivity index (χ3n) is 5.30. The molecule has 0 fully saturated rings. The van der Waals surface area contributed by atoms with E-state index in [0.29, 0.717) is 0 Å². The van der Waals surface area contributed by atoms with Crippen LogP contribution >= 0.6 is 0 Å². The van der Waals surface area contributed by atoms with Gasteiger partial charge < -0.3 is 0 Å². The first-order chi connectivity index (χ1) is 10.7. The molecule has 0 saturated carbocycles. The summed E-state index contributed by atoms with van der Waals surface area (Å²) in [5, 5.41) is 2.24. The average Bonchev–Trinajstić information content (AvgIpc) is 2.55. The quantitative estimate of drug-likeness (QED) is 0.344. The molecule has 0 aromatic heterocycles. The fraction of sp³-hybridized carbons (Fsp3) is 0.619. The zero-order chi connectivity index (χ0) is 17.7. The summed E-state index contributed by atoms with van der Waals surface area (Å²) in [6.07, 6.45) is 3.01. The zero-order valence-corrected chi connectivity index (χ0v) is 19.8. The molecule has 1 unspecified atom stereocenters. The van der Waals surface area contributed by atoms with Gasteiger partial charge in [-0.1, -0.05) is 63.3 Å². The van der Waals surface area contributed by atoms with E-state index in [1.165, 1.54) is 11.1 Å². The molecule has 1 aromatic carbocycles. The van der Waals surface area contributed by atoms with Gasteiger partial charge >= 0.3 is 0 Å². The summed E-state index contributed by atoms with van der Waals surface area (Å²) in [5.41, 5.74) is 2.17. The van der Waals surface area contributed by atoms with E-state index in [2.05, 4.69) is 84.4 Å². The molecule has 0 aliphatic carbocycles. The SMILES string of the molecule is C=C(C)C(CC)(CC)N(OC(C)c1ccccc1)C(C)(C)CC.[V].[V]. The minimum atomic E-state index is -0.136. The van der Waals surface area contributed by atoms with Crippen LogP contribution in [0.5, 0.6) is 0 Å². The minimum absolute atomic E-state index is 0. The fourth-order valence-corrected chi connectivity index (χ4v) is 3.22. The van der Waals surface area contributed by atoms with Gasteiger partial charge in [0.15, 0.2) is 0 Å². The first-order valence-electron chi connectivity index (χ1n) is 8.93. The van der Waals surface area contributed by atoms with E-state index in [-0.39, 0.29) is 54.3 Å². The van der Waals surface area contributed by atoms with Crippen LogP contribution in [0.3, 0.4) is 0 Å². The third kappa shape index (κ3) is 6.31. The van der Waals surface area contributed by atoms with E-state index >= 15 is 0 Å². The maximum absolute atomic E-state index is 6.57. The van der Waals surface area contributed by atoms with Gasteiger partial charge in [0.2, 0.25) is 0 Å². The maximum atomic E-state index is 6.57. The fourth-order valence-electron chi connectivity index (χ4n) is 3.22. The number of nitrogens with zero attached hydrogens (tertiary/aromatic N) is 1. The van der Waals surface area contributed by atoms with Gasteiger partial charge in [0.1, 0.15) is 6.10 Å². The van der Waals surface area contributed by atoms with Gasteiger partial charge in [0.25, 0.3) is 0 Å². The first-order valence-corrected chi connectivity index (χ1v) is 8.93. The number of rotatable bonds is 9. The van der Waals surface area contributed by atoms with Crippen molar-refractivity contribution in [2.24, 2.45) is 0 Å². The largest absolute Gasteiger partial charge is 0.290 e. The number of hydroxylamine groups is 2. The summed E-state index contributed by atoms with van der Waals surface area (Å²) < 4.78 is 0. The summed E-state index contributed by atoms with van der Waals surface area (Å²) in [4.78, 5) is 6.57. The van der Waals surface area contributed by atoms with Gasteiger partial charge in [-0.2, -0.15) is 5.06 Å². The molecule has 0 heterocycles. The van der Waals surface area contributed by atoms with E-state index in [9.17, 15) is 0 Å². The Bertz CT molecular complexity index is 498. The molecule has 0 bridgehead atoms. The van der Waals surface area contributed by atoms with Crippen LogP contribution in [0.4, 0.5) is 0 Å². The normalized spacial score (nSPS) is 13.0. The smallest absolute Gasteiger partial charge is 0.102 e. The van der Waals surface area contributed by atoms with Crippen LogP contribution in [-0.2, 0) is 41.9 Å². The molecule has 0 amide bonds. The standard InChI is InChI=1S/C21H35NO.2V/c1-9-20(7,8)22(21(10-2,11-3)17(4)5)23-18(6)19-15-13-12-14-16-19;;/h12-16,18H,4,9-11H2,1-3,5-8H3;;. The second-order valence-corrected chi connectivity index (χ2v) is 7.14. The Morgan fingerprint density at radius 1 is 1.04 bits per heavy atom. The van der Waals surface area contributed by atoms with Crippen LogP contribution in [-0.4, -0.2) is 16.1 Å². The van der Waals surface area contributed by atoms with Crippen LogP contribution in [0.1, 0.15) is 79.4 Å². The summed E-state index contributed by atoms with van der Waals surface area (Å²) in [6.45, 7) is 19.7. The van der Waals surface area contributed by atoms with Gasteiger partial charge in [-0.05, 0) is 52.5 Å². The van der Waals surface area contributed by atoms with E-state index in [1.54, 1.807) is 0 Å². The Hall–Kier alpha value is 0.0488. The van der Waals surface area contributed by atoms with Crippen LogP contribution in [0.25, 0.3) is 0 Å². The van der Waals surface area contributed by atoms with Gasteiger partial charge in [0.05, 0.1) is 5.54 Å². The van der Waals surface area contributed by atoms with E-state index < -0.39 is 0 Å². The van der Waals surface area contributed by atoms with Crippen molar-refractivity contribution in [3.05, 3.63) is 48.0 Å². The predicted molar refractivity (Wildman–Crippen MR) is 100 cm³/mol. The molecule has 0 N–H and O–H groups in total. The van der Waals surface area contributed by atoms with Crippen molar-refractivity contribution in [3.63, 3.8) is 0 Å². The summed E-state index contributed by atoms with van der Waals surface area (Å²) in [5.74, 6) is 0. The molecule has 25 heavy (non-hydrogen) atoms. The van der Waals surface area contributed by atoms with E-state index in [0.717, 1.165) is 19.3 Å². The Labute approximate surface area is 179 Å². The molecule has 0 saturated heterocycles. The molecule has 2 nitrogen and oxygen atoms in total. The van der Waals surface area contributed by atoms with Crippen molar-refractivity contribution in [2.45, 2.75) is 84.9 Å². The van der Waals surface area contributed by atoms with E-state index in [1.807, 2.05) is 6.07 Å². The van der Waals surface area contributed by atoms with Crippen LogP contribution in [0, 0.1) is 0 Å². The van der Waals surface area contributed by atoms with Crippen molar-refractivity contribution < 1.29 is 41.9 Å². The van der Waals surface area contributed by atoms with Crippen molar-refractivity contribution in [3.8, 4) is 0 Å². The molecule has 1 atom stereocenters. The van der Waals surface area contributed by atoms with Crippen molar-refractivity contribution in [1.82, 2.24) is 5.06 Å². The van der Waals surface area contributed by atoms with Gasteiger partial charge in [-0.3, -0.25) is 4.84 Å². The second kappa shape index (κ2) is 11.7. The van der Waals surface area contributed by atoms with Crippen LogP contribution in [0.2, 0.25) is 0 Å². The van der Waals surface area contributed by atoms with Crippen LogP contribution in [0.15, 0.2) is 42.5 Å².